The third-order valence-corrected chi connectivity index (χ3v) is 13.0. The molecule has 2 aliphatic heterocycles. The molecule has 0 unspecified atom stereocenters. The van der Waals surface area contributed by atoms with Crippen molar-refractivity contribution >= 4 is 56.2 Å². The van der Waals surface area contributed by atoms with Crippen LogP contribution < -0.4 is 19.3 Å². The predicted molar refractivity (Wildman–Crippen MR) is 277 cm³/mol. The van der Waals surface area contributed by atoms with Crippen molar-refractivity contribution in [2.75, 3.05) is 9.80 Å². The number of aromatic nitrogens is 6. The van der Waals surface area contributed by atoms with Crippen LogP contribution in [0, 0.1) is 0 Å². The van der Waals surface area contributed by atoms with E-state index in [1.54, 1.807) is 0 Å². The van der Waals surface area contributed by atoms with Crippen LogP contribution in [0.5, 0.6) is 23.0 Å². The van der Waals surface area contributed by atoms with Gasteiger partial charge in [0.1, 0.15) is 22.7 Å². The highest BCUT2D eigenvalue weighted by Crippen LogP contribution is 2.54. The lowest BCUT2D eigenvalue weighted by Gasteiger charge is -2.34. The van der Waals surface area contributed by atoms with E-state index in [4.69, 9.17) is 19.4 Å². The lowest BCUT2D eigenvalue weighted by molar-refractivity contribution is 0.476. The molecular weight excluding hydrogens is 865 g/mol. The number of benzene rings is 8. The lowest BCUT2D eigenvalue weighted by Crippen LogP contribution is -2.16. The van der Waals surface area contributed by atoms with E-state index in [-0.39, 0.29) is 0 Å². The van der Waals surface area contributed by atoms with E-state index < -0.39 is 0 Å². The van der Waals surface area contributed by atoms with Gasteiger partial charge in [0.25, 0.3) is 0 Å². The van der Waals surface area contributed by atoms with Crippen LogP contribution in [-0.4, -0.2) is 29.1 Å². The first-order chi connectivity index (χ1) is 34.7. The van der Waals surface area contributed by atoms with Crippen molar-refractivity contribution < 1.29 is 9.47 Å². The van der Waals surface area contributed by atoms with E-state index in [0.29, 0.717) is 0 Å². The molecule has 10 heteroatoms. The van der Waals surface area contributed by atoms with Gasteiger partial charge < -0.3 is 19.3 Å². The second kappa shape index (κ2) is 15.9. The van der Waals surface area contributed by atoms with Crippen molar-refractivity contribution in [1.29, 1.82) is 0 Å². The Kier molecular flexibility index (Phi) is 8.96. The van der Waals surface area contributed by atoms with Crippen LogP contribution in [0.1, 0.15) is 0 Å². The third kappa shape index (κ3) is 6.42. The quantitative estimate of drug-likeness (QED) is 0.156. The molecule has 0 saturated heterocycles. The molecule has 14 rings (SSSR count). The predicted octanol–water partition coefficient (Wildman–Crippen LogP) is 15.3. The Balaban J connectivity index is 1.08. The van der Waals surface area contributed by atoms with E-state index in [2.05, 4.69) is 162 Å². The Morgan fingerprint density at radius 2 is 0.657 bits per heavy atom. The molecule has 0 saturated carbocycles. The molecule has 12 aromatic rings. The van der Waals surface area contributed by atoms with Gasteiger partial charge in [0.2, 0.25) is 0 Å². The number of rotatable bonds is 7. The molecule has 0 fully saturated rings. The molecule has 0 N–H and O–H groups in total. The summed E-state index contributed by atoms with van der Waals surface area (Å²) in [6.07, 6.45) is 7.31. The van der Waals surface area contributed by atoms with E-state index in [9.17, 15) is 0 Å². The summed E-state index contributed by atoms with van der Waals surface area (Å²) in [6.45, 7) is 0. The maximum atomic E-state index is 6.56. The van der Waals surface area contributed by atoms with Crippen LogP contribution in [0.3, 0.4) is 0 Å². The number of para-hydroxylation sites is 10. The zero-order chi connectivity index (χ0) is 46.1. The summed E-state index contributed by atoms with van der Waals surface area (Å²) in [5.74, 6) is 4.60. The van der Waals surface area contributed by atoms with E-state index in [1.807, 2.05) is 97.6 Å². The number of pyridine rings is 2. The summed E-state index contributed by atoms with van der Waals surface area (Å²) in [6, 6.07) is 71.1. The summed E-state index contributed by atoms with van der Waals surface area (Å²) < 4.78 is 17.6. The molecule has 8 aromatic carbocycles. The maximum Gasteiger partial charge on any atom is 0.151 e. The summed E-state index contributed by atoms with van der Waals surface area (Å²) in [7, 11) is 0. The molecule has 0 bridgehead atoms. The van der Waals surface area contributed by atoms with Crippen LogP contribution >= 0.6 is 0 Å². The van der Waals surface area contributed by atoms with Gasteiger partial charge in [0, 0.05) is 46.3 Å². The van der Waals surface area contributed by atoms with Gasteiger partial charge in [-0.3, -0.25) is 19.1 Å². The first-order valence-corrected chi connectivity index (χ1v) is 23.1. The summed E-state index contributed by atoms with van der Waals surface area (Å²) in [5.41, 5.74) is 14.7. The van der Waals surface area contributed by atoms with Crippen LogP contribution in [0.2, 0.25) is 0 Å². The number of anilines is 6. The van der Waals surface area contributed by atoms with E-state index in [0.717, 1.165) is 124 Å². The molecule has 0 aliphatic carbocycles. The van der Waals surface area contributed by atoms with Gasteiger partial charge in [0.15, 0.2) is 23.0 Å². The molecule has 4 aromatic heterocycles. The van der Waals surface area contributed by atoms with Gasteiger partial charge in [0.05, 0.1) is 46.2 Å². The summed E-state index contributed by atoms with van der Waals surface area (Å²) in [4.78, 5) is 24.3. The third-order valence-electron chi connectivity index (χ3n) is 13.0. The minimum absolute atomic E-state index is 0.763. The Morgan fingerprint density at radius 1 is 0.314 bits per heavy atom. The lowest BCUT2D eigenvalue weighted by atomic mass is 9.96. The molecule has 330 valence electrons. The van der Waals surface area contributed by atoms with Crippen molar-refractivity contribution in [3.63, 3.8) is 0 Å². The van der Waals surface area contributed by atoms with Crippen molar-refractivity contribution in [1.82, 2.24) is 29.1 Å². The van der Waals surface area contributed by atoms with Crippen molar-refractivity contribution in [2.45, 2.75) is 0 Å². The average Bonchev–Trinajstić information content (AvgIpc) is 4.02. The minimum atomic E-state index is 0.763. The van der Waals surface area contributed by atoms with Crippen LogP contribution in [0.4, 0.5) is 34.1 Å². The molecule has 10 nitrogen and oxygen atoms in total. The monoisotopic (exact) mass is 902 g/mol. The Hall–Kier alpha value is -9.80. The van der Waals surface area contributed by atoms with E-state index in [1.165, 1.54) is 0 Å². The first-order valence-electron chi connectivity index (χ1n) is 23.1. The van der Waals surface area contributed by atoms with Gasteiger partial charge in [-0.25, -0.2) is 9.97 Å². The second-order valence-electron chi connectivity index (χ2n) is 17.2. The van der Waals surface area contributed by atoms with Gasteiger partial charge in [-0.1, -0.05) is 84.9 Å². The van der Waals surface area contributed by atoms with Crippen molar-refractivity contribution in [2.24, 2.45) is 0 Å². The fraction of sp³-hybridized carbons (Fsp3) is 0. The second-order valence-corrected chi connectivity index (χ2v) is 17.2. The normalized spacial score (nSPS) is 12.5. The van der Waals surface area contributed by atoms with Crippen LogP contribution in [0.15, 0.2) is 231 Å². The highest BCUT2D eigenvalue weighted by atomic mass is 16.5. The van der Waals surface area contributed by atoms with Crippen molar-refractivity contribution in [3.8, 4) is 68.3 Å². The van der Waals surface area contributed by atoms with Crippen LogP contribution in [-0.2, 0) is 0 Å². The van der Waals surface area contributed by atoms with Crippen LogP contribution in [0.25, 0.3) is 67.3 Å². The molecule has 6 heterocycles. The number of hydrogen-bond donors (Lipinski definition) is 0. The molecular formula is C60H38N8O2. The standard InChI is InChI=1S/C60H38N8O2/c1-3-15-43(16-4-1)67-49-27-29-61-37-47(49)63-59(67)41-31-39(33-45(35-41)65-51-19-7-11-23-55(51)69-56-24-12-8-20-52(56)65)40-32-42(60-64-48-38-62-30-28-50(48)68(60)44-17-5-2-6-18-44)36-46(34-40)66-53-21-9-13-25-57(53)70-58-26-14-10-22-54(58)66/h1-38H. The largest absolute Gasteiger partial charge is 0.453 e. The molecule has 0 radical (unpaired) electrons. The summed E-state index contributed by atoms with van der Waals surface area (Å²) in [5, 5.41) is 0. The number of imidazole rings is 2. The highest BCUT2D eigenvalue weighted by Gasteiger charge is 2.30. The van der Waals surface area contributed by atoms with Gasteiger partial charge >= 0.3 is 0 Å². The Bertz CT molecular complexity index is 3650. The zero-order valence-corrected chi connectivity index (χ0v) is 37.3. The SMILES string of the molecule is c1ccc(-n2c(-c3cc(-c4cc(-c5nc6cnccc6n5-c5ccccc5)cc(N5c6ccccc6Oc6ccccc65)c4)cc(N4c5ccccc5Oc5ccccc54)c3)nc3cnccc32)cc1. The van der Waals surface area contributed by atoms with Crippen molar-refractivity contribution in [3.05, 3.63) is 231 Å². The number of hydrogen-bond acceptors (Lipinski definition) is 8. The molecule has 2 aliphatic rings. The van der Waals surface area contributed by atoms with Gasteiger partial charge in [-0.2, -0.15) is 0 Å². The van der Waals surface area contributed by atoms with Gasteiger partial charge in [-0.15, -0.1) is 0 Å². The van der Waals surface area contributed by atoms with Gasteiger partial charge in [-0.05, 0) is 132 Å². The minimum Gasteiger partial charge on any atom is -0.453 e. The molecule has 0 amide bonds. The topological polar surface area (TPSA) is 86.4 Å². The number of ether oxygens (including phenoxy) is 2. The fourth-order valence-corrected chi connectivity index (χ4v) is 9.97. The molecule has 0 atom stereocenters. The number of fused-ring (bicyclic) bond motifs is 6. The first kappa shape index (κ1) is 39.4. The number of nitrogens with zero attached hydrogens (tertiary/aromatic N) is 8. The Morgan fingerprint density at radius 3 is 1.04 bits per heavy atom. The Labute approximate surface area is 402 Å². The molecule has 70 heavy (non-hydrogen) atoms. The highest BCUT2D eigenvalue weighted by molar-refractivity contribution is 5.95. The average molecular weight is 903 g/mol. The zero-order valence-electron chi connectivity index (χ0n) is 37.3. The smallest absolute Gasteiger partial charge is 0.151 e. The summed E-state index contributed by atoms with van der Waals surface area (Å²) >= 11 is 0. The van der Waals surface area contributed by atoms with E-state index >= 15 is 0 Å². The maximum absolute atomic E-state index is 6.56. The molecule has 0 spiro atoms. The fourth-order valence-electron chi connectivity index (χ4n) is 9.97.